The normalized spacial score (nSPS) is 17.9. The quantitative estimate of drug-likeness (QED) is 0.840. The van der Waals surface area contributed by atoms with Crippen LogP contribution in [0.25, 0.3) is 0 Å². The Kier molecular flexibility index (Phi) is 2.74. The van der Waals surface area contributed by atoms with E-state index in [0.717, 1.165) is 18.9 Å². The summed E-state index contributed by atoms with van der Waals surface area (Å²) in [5.41, 5.74) is 6.82. The fourth-order valence-corrected chi connectivity index (χ4v) is 1.91. The van der Waals surface area contributed by atoms with Crippen LogP contribution < -0.4 is 5.73 Å². The SMILES string of the molecule is CC(C)c1cc(CC2(N)CC2)c(F)cc1F. The molecule has 0 unspecified atom stereocenters. The van der Waals surface area contributed by atoms with Crippen molar-refractivity contribution in [1.29, 1.82) is 0 Å². The van der Waals surface area contributed by atoms with E-state index in [1.165, 1.54) is 0 Å². The van der Waals surface area contributed by atoms with E-state index in [0.29, 0.717) is 17.5 Å². The molecule has 0 atom stereocenters. The van der Waals surface area contributed by atoms with Gasteiger partial charge in [0.15, 0.2) is 0 Å². The van der Waals surface area contributed by atoms with E-state index in [2.05, 4.69) is 0 Å². The number of hydrogen-bond acceptors (Lipinski definition) is 1. The standard InChI is InChI=1S/C13H17F2N/c1-8(2)10-5-9(7-13(16)3-4-13)11(14)6-12(10)15/h5-6,8H,3-4,7,16H2,1-2H3. The second-order valence-electron chi connectivity index (χ2n) is 5.16. The number of halogens is 2. The molecule has 0 spiro atoms. The molecule has 0 heterocycles. The monoisotopic (exact) mass is 225 g/mol. The predicted molar refractivity (Wildman–Crippen MR) is 60.3 cm³/mol. The second kappa shape index (κ2) is 3.81. The van der Waals surface area contributed by atoms with Gasteiger partial charge in [0, 0.05) is 11.6 Å². The van der Waals surface area contributed by atoms with Crippen LogP contribution in [0, 0.1) is 11.6 Å². The first-order chi connectivity index (χ1) is 7.41. The minimum Gasteiger partial charge on any atom is -0.325 e. The van der Waals surface area contributed by atoms with Crippen LogP contribution >= 0.6 is 0 Å². The number of nitrogens with two attached hydrogens (primary N) is 1. The maximum absolute atomic E-state index is 13.6. The van der Waals surface area contributed by atoms with Gasteiger partial charge in [0.25, 0.3) is 0 Å². The fraction of sp³-hybridized carbons (Fsp3) is 0.538. The van der Waals surface area contributed by atoms with Gasteiger partial charge in [0.05, 0.1) is 0 Å². The molecule has 0 amide bonds. The number of hydrogen-bond donors (Lipinski definition) is 1. The average molecular weight is 225 g/mol. The van der Waals surface area contributed by atoms with Crippen molar-refractivity contribution < 1.29 is 8.78 Å². The smallest absolute Gasteiger partial charge is 0.129 e. The highest BCUT2D eigenvalue weighted by atomic mass is 19.1. The van der Waals surface area contributed by atoms with E-state index in [9.17, 15) is 8.78 Å². The van der Waals surface area contributed by atoms with Gasteiger partial charge in [-0.25, -0.2) is 8.78 Å². The first kappa shape index (κ1) is 11.5. The maximum atomic E-state index is 13.6. The van der Waals surface area contributed by atoms with Gasteiger partial charge in [-0.1, -0.05) is 13.8 Å². The van der Waals surface area contributed by atoms with Crippen LogP contribution in [0.3, 0.4) is 0 Å². The van der Waals surface area contributed by atoms with Gasteiger partial charge in [0.1, 0.15) is 11.6 Å². The van der Waals surface area contributed by atoms with E-state index < -0.39 is 11.6 Å². The van der Waals surface area contributed by atoms with E-state index in [4.69, 9.17) is 5.73 Å². The molecule has 88 valence electrons. The van der Waals surface area contributed by atoms with Crippen molar-refractivity contribution in [2.75, 3.05) is 0 Å². The van der Waals surface area contributed by atoms with Crippen LogP contribution in [-0.2, 0) is 6.42 Å². The lowest BCUT2D eigenvalue weighted by molar-refractivity contribution is 0.544. The fourth-order valence-electron chi connectivity index (χ4n) is 1.91. The molecule has 16 heavy (non-hydrogen) atoms. The molecule has 3 heteroatoms. The summed E-state index contributed by atoms with van der Waals surface area (Å²) in [5, 5.41) is 0. The van der Waals surface area contributed by atoms with Crippen molar-refractivity contribution in [3.8, 4) is 0 Å². The van der Waals surface area contributed by atoms with E-state index in [1.807, 2.05) is 13.8 Å². The summed E-state index contributed by atoms with van der Waals surface area (Å²) in [7, 11) is 0. The van der Waals surface area contributed by atoms with Gasteiger partial charge in [-0.3, -0.25) is 0 Å². The van der Waals surface area contributed by atoms with Crippen molar-refractivity contribution >= 4 is 0 Å². The number of rotatable bonds is 3. The third kappa shape index (κ3) is 2.24. The van der Waals surface area contributed by atoms with Crippen LogP contribution in [-0.4, -0.2) is 5.54 Å². The average Bonchev–Trinajstić information content (AvgIpc) is 2.88. The summed E-state index contributed by atoms with van der Waals surface area (Å²) < 4.78 is 27.0. The molecule has 1 saturated carbocycles. The molecule has 2 N–H and O–H groups in total. The van der Waals surface area contributed by atoms with Crippen molar-refractivity contribution in [3.63, 3.8) is 0 Å². The number of benzene rings is 1. The summed E-state index contributed by atoms with van der Waals surface area (Å²) >= 11 is 0. The molecule has 2 rings (SSSR count). The molecule has 0 bridgehead atoms. The maximum Gasteiger partial charge on any atom is 0.129 e. The van der Waals surface area contributed by atoms with Gasteiger partial charge in [-0.05, 0) is 42.4 Å². The Morgan fingerprint density at radius 3 is 2.38 bits per heavy atom. The van der Waals surface area contributed by atoms with Gasteiger partial charge in [-0.2, -0.15) is 0 Å². The van der Waals surface area contributed by atoms with Gasteiger partial charge in [-0.15, -0.1) is 0 Å². The van der Waals surface area contributed by atoms with Crippen LogP contribution in [0.5, 0.6) is 0 Å². The topological polar surface area (TPSA) is 26.0 Å². The van der Waals surface area contributed by atoms with Crippen LogP contribution in [0.4, 0.5) is 8.78 Å². The molecule has 1 aliphatic carbocycles. The Labute approximate surface area is 94.7 Å². The Bertz CT molecular complexity index is 409. The largest absolute Gasteiger partial charge is 0.325 e. The molecular weight excluding hydrogens is 208 g/mol. The van der Waals surface area contributed by atoms with Crippen LogP contribution in [0.15, 0.2) is 12.1 Å². The summed E-state index contributed by atoms with van der Waals surface area (Å²) in [6.07, 6.45) is 2.38. The molecule has 0 saturated heterocycles. The summed E-state index contributed by atoms with van der Waals surface area (Å²) in [5.74, 6) is -0.871. The van der Waals surface area contributed by atoms with Crippen LogP contribution in [0.1, 0.15) is 43.7 Å². The Hall–Kier alpha value is -0.960. The van der Waals surface area contributed by atoms with E-state index in [1.54, 1.807) is 6.07 Å². The van der Waals surface area contributed by atoms with E-state index in [-0.39, 0.29) is 11.5 Å². The first-order valence-corrected chi connectivity index (χ1v) is 5.68. The molecule has 1 nitrogen and oxygen atoms in total. The lowest BCUT2D eigenvalue weighted by atomic mass is 9.96. The minimum absolute atomic E-state index is 0.0623. The van der Waals surface area contributed by atoms with Gasteiger partial charge in [0.2, 0.25) is 0 Å². The van der Waals surface area contributed by atoms with Crippen molar-refractivity contribution in [2.24, 2.45) is 5.73 Å². The van der Waals surface area contributed by atoms with Gasteiger partial charge >= 0.3 is 0 Å². The van der Waals surface area contributed by atoms with Crippen molar-refractivity contribution in [1.82, 2.24) is 0 Å². The Morgan fingerprint density at radius 2 is 1.88 bits per heavy atom. The highest BCUT2D eigenvalue weighted by Gasteiger charge is 2.38. The minimum atomic E-state index is -0.473. The molecule has 0 aliphatic heterocycles. The third-order valence-electron chi connectivity index (χ3n) is 3.22. The summed E-state index contributed by atoms with van der Waals surface area (Å²) in [4.78, 5) is 0. The second-order valence-corrected chi connectivity index (χ2v) is 5.16. The van der Waals surface area contributed by atoms with Crippen LogP contribution in [0.2, 0.25) is 0 Å². The molecule has 1 aromatic carbocycles. The zero-order valence-corrected chi connectivity index (χ0v) is 9.69. The zero-order valence-electron chi connectivity index (χ0n) is 9.69. The lowest BCUT2D eigenvalue weighted by Gasteiger charge is -2.13. The van der Waals surface area contributed by atoms with E-state index >= 15 is 0 Å². The summed E-state index contributed by atoms with van der Waals surface area (Å²) in [6, 6.07) is 2.61. The lowest BCUT2D eigenvalue weighted by Crippen LogP contribution is -2.25. The first-order valence-electron chi connectivity index (χ1n) is 5.68. The molecular formula is C13H17F2N. The Balaban J connectivity index is 2.33. The molecule has 0 radical (unpaired) electrons. The third-order valence-corrected chi connectivity index (χ3v) is 3.22. The highest BCUT2D eigenvalue weighted by molar-refractivity contribution is 5.31. The summed E-state index contributed by atoms with van der Waals surface area (Å²) in [6.45, 7) is 3.80. The Morgan fingerprint density at radius 1 is 1.25 bits per heavy atom. The molecule has 1 aromatic rings. The van der Waals surface area contributed by atoms with Gasteiger partial charge < -0.3 is 5.73 Å². The molecule has 0 aromatic heterocycles. The van der Waals surface area contributed by atoms with Crippen molar-refractivity contribution in [2.45, 2.75) is 44.6 Å². The highest BCUT2D eigenvalue weighted by Crippen LogP contribution is 2.37. The molecule has 1 aliphatic rings. The van der Waals surface area contributed by atoms with Crippen molar-refractivity contribution in [3.05, 3.63) is 34.9 Å². The predicted octanol–water partition coefficient (Wildman–Crippen LogP) is 3.12. The molecule has 1 fully saturated rings. The zero-order chi connectivity index (χ0) is 11.9.